The van der Waals surface area contributed by atoms with Gasteiger partial charge in [-0.25, -0.2) is 5.01 Å². The fourth-order valence-corrected chi connectivity index (χ4v) is 2.65. The Morgan fingerprint density at radius 2 is 1.81 bits per heavy atom. The van der Waals surface area contributed by atoms with E-state index in [1.807, 2.05) is 11.1 Å². The van der Waals surface area contributed by atoms with Crippen LogP contribution < -0.4 is 5.43 Å². The molecule has 0 aliphatic carbocycles. The Hall–Kier alpha value is -1.88. The quantitative estimate of drug-likeness (QED) is 0.869. The summed E-state index contributed by atoms with van der Waals surface area (Å²) in [5.41, 5.74) is 2.27. The summed E-state index contributed by atoms with van der Waals surface area (Å²) in [5, 5.41) is 11.4. The number of carboxylic acid groups (broad SMARTS) is 1. The first-order chi connectivity index (χ1) is 10.0. The summed E-state index contributed by atoms with van der Waals surface area (Å²) in [6.45, 7) is 3.27. The molecule has 114 valence electrons. The molecule has 1 aliphatic rings. The van der Waals surface area contributed by atoms with Crippen LogP contribution >= 0.6 is 0 Å². The van der Waals surface area contributed by atoms with Gasteiger partial charge in [0.1, 0.15) is 0 Å². The van der Waals surface area contributed by atoms with Crippen LogP contribution in [-0.2, 0) is 15.0 Å². The van der Waals surface area contributed by atoms with Crippen molar-refractivity contribution in [2.75, 3.05) is 13.1 Å². The number of benzene rings is 1. The van der Waals surface area contributed by atoms with Crippen molar-refractivity contribution in [2.45, 2.75) is 38.0 Å². The second kappa shape index (κ2) is 6.72. The standard InChI is InChI=1S/C16H22N2O3/c1-16(15(20)21,13-8-4-2-5-9-13)12-14(19)17-18-10-6-3-7-11-18/h2,4-5,8-9H,3,6-7,10-12H2,1H3,(H,17,19)(H,20,21). The highest BCUT2D eigenvalue weighted by atomic mass is 16.4. The van der Waals surface area contributed by atoms with Crippen LogP contribution in [0.3, 0.4) is 0 Å². The minimum atomic E-state index is -1.21. The Bertz CT molecular complexity index is 498. The van der Waals surface area contributed by atoms with Gasteiger partial charge in [0.05, 0.1) is 5.41 Å². The van der Waals surface area contributed by atoms with Crippen molar-refractivity contribution in [3.63, 3.8) is 0 Å². The van der Waals surface area contributed by atoms with Gasteiger partial charge in [0.2, 0.25) is 5.91 Å². The number of nitrogens with one attached hydrogen (secondary N) is 1. The highest BCUT2D eigenvalue weighted by Gasteiger charge is 2.37. The summed E-state index contributed by atoms with van der Waals surface area (Å²) in [5.74, 6) is -1.23. The van der Waals surface area contributed by atoms with Gasteiger partial charge < -0.3 is 5.11 Å². The molecule has 1 atom stereocenters. The summed E-state index contributed by atoms with van der Waals surface area (Å²) in [4.78, 5) is 23.8. The van der Waals surface area contributed by atoms with Crippen LogP contribution in [0.1, 0.15) is 38.2 Å². The predicted octanol–water partition coefficient (Wildman–Crippen LogP) is 1.94. The molecule has 1 aromatic rings. The molecule has 1 unspecified atom stereocenters. The minimum Gasteiger partial charge on any atom is -0.481 e. The Morgan fingerprint density at radius 1 is 1.19 bits per heavy atom. The first-order valence-corrected chi connectivity index (χ1v) is 7.36. The van der Waals surface area contributed by atoms with E-state index >= 15 is 0 Å². The lowest BCUT2D eigenvalue weighted by Crippen LogP contribution is -2.48. The molecule has 2 rings (SSSR count). The van der Waals surface area contributed by atoms with Gasteiger partial charge in [-0.2, -0.15) is 0 Å². The third-order valence-corrected chi connectivity index (χ3v) is 4.04. The maximum atomic E-state index is 12.2. The van der Waals surface area contributed by atoms with Crippen molar-refractivity contribution in [3.05, 3.63) is 35.9 Å². The number of piperidine rings is 1. The Balaban J connectivity index is 2.05. The van der Waals surface area contributed by atoms with Crippen molar-refractivity contribution < 1.29 is 14.7 Å². The number of rotatable bonds is 5. The molecule has 0 bridgehead atoms. The van der Waals surface area contributed by atoms with E-state index in [1.165, 1.54) is 6.42 Å². The topological polar surface area (TPSA) is 69.6 Å². The number of carbonyl (C=O) groups is 2. The smallest absolute Gasteiger partial charge is 0.314 e. The summed E-state index contributed by atoms with van der Waals surface area (Å²) in [6.07, 6.45) is 3.25. The maximum Gasteiger partial charge on any atom is 0.314 e. The largest absolute Gasteiger partial charge is 0.481 e. The van der Waals surface area contributed by atoms with Crippen molar-refractivity contribution in [3.8, 4) is 0 Å². The predicted molar refractivity (Wildman–Crippen MR) is 79.6 cm³/mol. The van der Waals surface area contributed by atoms with Gasteiger partial charge in [0.15, 0.2) is 0 Å². The lowest BCUT2D eigenvalue weighted by Gasteiger charge is -2.29. The molecule has 0 radical (unpaired) electrons. The normalized spacial score (nSPS) is 18.7. The second-order valence-corrected chi connectivity index (χ2v) is 5.76. The Kier molecular flexibility index (Phi) is 4.96. The molecule has 1 aliphatic heterocycles. The molecule has 21 heavy (non-hydrogen) atoms. The van der Waals surface area contributed by atoms with Crippen LogP contribution in [0.4, 0.5) is 0 Å². The number of hydrogen-bond acceptors (Lipinski definition) is 3. The summed E-state index contributed by atoms with van der Waals surface area (Å²) >= 11 is 0. The molecule has 0 aromatic heterocycles. The second-order valence-electron chi connectivity index (χ2n) is 5.76. The average Bonchev–Trinajstić information content (AvgIpc) is 2.48. The number of nitrogens with zero attached hydrogens (tertiary/aromatic N) is 1. The van der Waals surface area contributed by atoms with Crippen LogP contribution in [0.2, 0.25) is 0 Å². The van der Waals surface area contributed by atoms with Crippen LogP contribution in [0, 0.1) is 0 Å². The molecule has 2 N–H and O–H groups in total. The fraction of sp³-hybridized carbons (Fsp3) is 0.500. The molecule has 1 fully saturated rings. The summed E-state index contributed by atoms with van der Waals surface area (Å²) in [6, 6.07) is 8.92. The van der Waals surface area contributed by atoms with Crippen LogP contribution in [0.25, 0.3) is 0 Å². The van der Waals surface area contributed by atoms with Gasteiger partial charge in [-0.15, -0.1) is 0 Å². The molecule has 5 heteroatoms. The monoisotopic (exact) mass is 290 g/mol. The SMILES string of the molecule is CC(CC(=O)NN1CCCCC1)(C(=O)O)c1ccccc1. The number of aliphatic carboxylic acids is 1. The Labute approximate surface area is 124 Å². The molecule has 1 heterocycles. The zero-order chi connectivity index (χ0) is 15.3. The van der Waals surface area contributed by atoms with Gasteiger partial charge in [0.25, 0.3) is 0 Å². The Morgan fingerprint density at radius 3 is 2.38 bits per heavy atom. The van der Waals surface area contributed by atoms with E-state index in [1.54, 1.807) is 31.2 Å². The van der Waals surface area contributed by atoms with Gasteiger partial charge in [-0.05, 0) is 25.3 Å². The lowest BCUT2D eigenvalue weighted by atomic mass is 9.79. The summed E-state index contributed by atoms with van der Waals surface area (Å²) in [7, 11) is 0. The lowest BCUT2D eigenvalue weighted by molar-refractivity contribution is -0.146. The van der Waals surface area contributed by atoms with E-state index in [9.17, 15) is 14.7 Å². The molecule has 0 saturated carbocycles. The number of carbonyl (C=O) groups excluding carboxylic acids is 1. The minimum absolute atomic E-state index is 0.0666. The number of hydrazine groups is 1. The number of amides is 1. The molecular weight excluding hydrogens is 268 g/mol. The maximum absolute atomic E-state index is 12.2. The van der Waals surface area contributed by atoms with Crippen molar-refractivity contribution >= 4 is 11.9 Å². The molecular formula is C16H22N2O3. The first-order valence-electron chi connectivity index (χ1n) is 7.36. The molecule has 5 nitrogen and oxygen atoms in total. The van der Waals surface area contributed by atoms with Gasteiger partial charge >= 0.3 is 5.97 Å². The third-order valence-electron chi connectivity index (χ3n) is 4.04. The van der Waals surface area contributed by atoms with Crippen molar-refractivity contribution in [2.24, 2.45) is 0 Å². The van der Waals surface area contributed by atoms with E-state index in [2.05, 4.69) is 5.43 Å². The molecule has 1 amide bonds. The molecule has 1 saturated heterocycles. The van der Waals surface area contributed by atoms with Crippen LogP contribution in [-0.4, -0.2) is 35.1 Å². The van der Waals surface area contributed by atoms with Crippen LogP contribution in [0.15, 0.2) is 30.3 Å². The first kappa shape index (κ1) is 15.5. The van der Waals surface area contributed by atoms with Gasteiger partial charge in [-0.3, -0.25) is 15.0 Å². The number of hydrogen-bond donors (Lipinski definition) is 2. The third kappa shape index (κ3) is 3.82. The molecule has 1 aromatic carbocycles. The van der Waals surface area contributed by atoms with E-state index in [0.29, 0.717) is 5.56 Å². The van der Waals surface area contributed by atoms with Crippen molar-refractivity contribution in [1.82, 2.24) is 10.4 Å². The highest BCUT2D eigenvalue weighted by Crippen LogP contribution is 2.28. The van der Waals surface area contributed by atoms with E-state index < -0.39 is 11.4 Å². The zero-order valence-corrected chi connectivity index (χ0v) is 12.3. The van der Waals surface area contributed by atoms with Gasteiger partial charge in [-0.1, -0.05) is 36.8 Å². The zero-order valence-electron chi connectivity index (χ0n) is 12.3. The van der Waals surface area contributed by atoms with Crippen molar-refractivity contribution in [1.29, 1.82) is 0 Å². The summed E-state index contributed by atoms with van der Waals surface area (Å²) < 4.78 is 0. The average molecular weight is 290 g/mol. The van der Waals surface area contributed by atoms with E-state index in [0.717, 1.165) is 25.9 Å². The van der Waals surface area contributed by atoms with E-state index in [4.69, 9.17) is 0 Å². The number of carboxylic acids is 1. The van der Waals surface area contributed by atoms with Crippen LogP contribution in [0.5, 0.6) is 0 Å². The molecule has 0 spiro atoms. The highest BCUT2D eigenvalue weighted by molar-refractivity contribution is 5.88. The fourth-order valence-electron chi connectivity index (χ4n) is 2.65. The van der Waals surface area contributed by atoms with Gasteiger partial charge in [0, 0.05) is 19.5 Å². The van der Waals surface area contributed by atoms with E-state index in [-0.39, 0.29) is 12.3 Å².